The number of hydrogen-bond acceptors (Lipinski definition) is 4. The van der Waals surface area contributed by atoms with E-state index in [1.165, 1.54) is 11.8 Å². The zero-order chi connectivity index (χ0) is 16.6. The van der Waals surface area contributed by atoms with E-state index in [1.54, 1.807) is 24.3 Å². The lowest BCUT2D eigenvalue weighted by Crippen LogP contribution is -2.49. The molecule has 0 saturated carbocycles. The van der Waals surface area contributed by atoms with Crippen molar-refractivity contribution in [1.29, 1.82) is 0 Å². The maximum absolute atomic E-state index is 12.6. The number of likely N-dealkylation sites (tertiary alicyclic amines) is 1. The maximum Gasteiger partial charge on any atom is 0.322 e. The van der Waals surface area contributed by atoms with Crippen LogP contribution in [0.15, 0.2) is 24.3 Å². The number of rotatable bonds is 2. The van der Waals surface area contributed by atoms with Crippen LogP contribution in [0.3, 0.4) is 0 Å². The number of imide groups is 1. The van der Waals surface area contributed by atoms with E-state index in [0.717, 1.165) is 0 Å². The summed E-state index contributed by atoms with van der Waals surface area (Å²) in [6.45, 7) is 1.89. The van der Waals surface area contributed by atoms with Gasteiger partial charge in [0.05, 0.1) is 6.54 Å². The number of urea groups is 1. The second kappa shape index (κ2) is 5.38. The van der Waals surface area contributed by atoms with E-state index < -0.39 is 17.5 Å². The molecule has 1 aromatic carbocycles. The van der Waals surface area contributed by atoms with Crippen LogP contribution in [0.1, 0.15) is 23.7 Å². The molecule has 0 radical (unpaired) electrons. The molecule has 8 nitrogen and oxygen atoms in total. The Morgan fingerprint density at radius 3 is 2.74 bits per heavy atom. The summed E-state index contributed by atoms with van der Waals surface area (Å²) >= 11 is 0. The van der Waals surface area contributed by atoms with Gasteiger partial charge in [0.2, 0.25) is 5.91 Å². The first-order chi connectivity index (χ1) is 10.9. The van der Waals surface area contributed by atoms with Crippen LogP contribution in [0.5, 0.6) is 0 Å². The maximum atomic E-state index is 12.6. The first-order valence-corrected chi connectivity index (χ1v) is 7.20. The van der Waals surface area contributed by atoms with Crippen LogP contribution in [0.25, 0.3) is 0 Å². The van der Waals surface area contributed by atoms with Gasteiger partial charge < -0.3 is 15.5 Å². The predicted octanol–water partition coefficient (Wildman–Crippen LogP) is 0.0691. The van der Waals surface area contributed by atoms with Crippen LogP contribution in [-0.4, -0.2) is 47.3 Å². The van der Waals surface area contributed by atoms with Gasteiger partial charge in [0, 0.05) is 24.7 Å². The number of amides is 5. The quantitative estimate of drug-likeness (QED) is 0.671. The van der Waals surface area contributed by atoms with Crippen molar-refractivity contribution in [3.63, 3.8) is 0 Å². The third-order valence-corrected chi connectivity index (χ3v) is 4.00. The molecule has 23 heavy (non-hydrogen) atoms. The van der Waals surface area contributed by atoms with Crippen molar-refractivity contribution in [2.45, 2.75) is 18.9 Å². The average molecular weight is 316 g/mol. The molecule has 2 aliphatic rings. The minimum Gasteiger partial charge on any atom is -0.336 e. The van der Waals surface area contributed by atoms with Gasteiger partial charge in [0.1, 0.15) is 5.54 Å². The zero-order valence-corrected chi connectivity index (χ0v) is 12.5. The van der Waals surface area contributed by atoms with Crippen molar-refractivity contribution in [1.82, 2.24) is 15.5 Å². The van der Waals surface area contributed by atoms with Crippen LogP contribution in [0.2, 0.25) is 0 Å². The van der Waals surface area contributed by atoms with E-state index in [1.807, 2.05) is 0 Å². The summed E-state index contributed by atoms with van der Waals surface area (Å²) in [7, 11) is 0. The molecule has 3 rings (SSSR count). The van der Waals surface area contributed by atoms with Crippen LogP contribution < -0.4 is 16.0 Å². The van der Waals surface area contributed by atoms with Gasteiger partial charge in [0.15, 0.2) is 0 Å². The number of carbonyl (C=O) groups is 4. The van der Waals surface area contributed by atoms with E-state index in [4.69, 9.17) is 0 Å². The Labute approximate surface area is 132 Å². The third kappa shape index (κ3) is 2.75. The highest BCUT2D eigenvalue weighted by Gasteiger charge is 2.51. The monoisotopic (exact) mass is 316 g/mol. The average Bonchev–Trinajstić information content (AvgIpc) is 3.02. The van der Waals surface area contributed by atoms with Gasteiger partial charge in [-0.2, -0.15) is 0 Å². The summed E-state index contributed by atoms with van der Waals surface area (Å²) in [6, 6.07) is 6.06. The van der Waals surface area contributed by atoms with Crippen LogP contribution >= 0.6 is 0 Å². The van der Waals surface area contributed by atoms with E-state index in [2.05, 4.69) is 16.0 Å². The predicted molar refractivity (Wildman–Crippen MR) is 80.7 cm³/mol. The van der Waals surface area contributed by atoms with Crippen molar-refractivity contribution in [3.05, 3.63) is 29.8 Å². The van der Waals surface area contributed by atoms with E-state index >= 15 is 0 Å². The standard InChI is InChI=1S/C15H16N4O4/c1-9(20)16-11-4-2-3-10(7-11)12(21)19-6-5-15(8-19)13(22)17-14(23)18-15/h2-4,7H,5-6,8H2,1H3,(H,16,20)(H2,17,18,22,23). The van der Waals surface area contributed by atoms with Gasteiger partial charge in [-0.3, -0.25) is 19.7 Å². The van der Waals surface area contributed by atoms with E-state index in [0.29, 0.717) is 24.2 Å². The lowest BCUT2D eigenvalue weighted by atomic mass is 9.99. The Balaban J connectivity index is 1.76. The summed E-state index contributed by atoms with van der Waals surface area (Å²) in [6.07, 6.45) is 0.377. The summed E-state index contributed by atoms with van der Waals surface area (Å²) in [5.41, 5.74) is -0.0793. The van der Waals surface area contributed by atoms with Gasteiger partial charge in [-0.15, -0.1) is 0 Å². The summed E-state index contributed by atoms with van der Waals surface area (Å²) in [4.78, 5) is 48.4. The van der Waals surface area contributed by atoms with Gasteiger partial charge in [-0.25, -0.2) is 4.79 Å². The normalized spacial score (nSPS) is 22.9. The first kappa shape index (κ1) is 15.0. The molecule has 2 heterocycles. The number of benzene rings is 1. The van der Waals surface area contributed by atoms with Gasteiger partial charge in [-0.1, -0.05) is 6.07 Å². The SMILES string of the molecule is CC(=O)Nc1cccc(C(=O)N2CCC3(C2)NC(=O)NC3=O)c1. The topological polar surface area (TPSA) is 108 Å². The molecule has 2 saturated heterocycles. The number of carbonyl (C=O) groups excluding carboxylic acids is 4. The number of hydrogen-bond donors (Lipinski definition) is 3. The Kier molecular flexibility index (Phi) is 3.51. The van der Waals surface area contributed by atoms with E-state index in [-0.39, 0.29) is 18.4 Å². The zero-order valence-electron chi connectivity index (χ0n) is 12.5. The summed E-state index contributed by atoms with van der Waals surface area (Å²) < 4.78 is 0. The lowest BCUT2D eigenvalue weighted by molar-refractivity contribution is -0.123. The highest BCUT2D eigenvalue weighted by atomic mass is 16.2. The van der Waals surface area contributed by atoms with Crippen LogP contribution in [0.4, 0.5) is 10.5 Å². The minimum absolute atomic E-state index is 0.133. The molecule has 2 aliphatic heterocycles. The molecule has 120 valence electrons. The highest BCUT2D eigenvalue weighted by Crippen LogP contribution is 2.26. The fraction of sp³-hybridized carbons (Fsp3) is 0.333. The number of anilines is 1. The van der Waals surface area contributed by atoms with Crippen molar-refractivity contribution >= 4 is 29.4 Å². The molecule has 2 fully saturated rings. The van der Waals surface area contributed by atoms with Crippen molar-refractivity contribution < 1.29 is 19.2 Å². The smallest absolute Gasteiger partial charge is 0.322 e. The Bertz CT molecular complexity index is 717. The highest BCUT2D eigenvalue weighted by molar-refractivity contribution is 6.08. The molecule has 8 heteroatoms. The second-order valence-electron chi connectivity index (χ2n) is 5.73. The molecule has 0 aliphatic carbocycles. The van der Waals surface area contributed by atoms with Crippen LogP contribution in [-0.2, 0) is 9.59 Å². The molecule has 0 bridgehead atoms. The van der Waals surface area contributed by atoms with Crippen molar-refractivity contribution in [3.8, 4) is 0 Å². The molecule has 1 atom stereocenters. The molecule has 5 amide bonds. The Morgan fingerprint density at radius 1 is 1.30 bits per heavy atom. The fourth-order valence-electron chi connectivity index (χ4n) is 2.91. The van der Waals surface area contributed by atoms with Crippen LogP contribution in [0, 0.1) is 0 Å². The van der Waals surface area contributed by atoms with E-state index in [9.17, 15) is 19.2 Å². The largest absolute Gasteiger partial charge is 0.336 e. The first-order valence-electron chi connectivity index (χ1n) is 7.20. The molecule has 0 aromatic heterocycles. The van der Waals surface area contributed by atoms with Gasteiger partial charge >= 0.3 is 6.03 Å². The summed E-state index contributed by atoms with van der Waals surface area (Å²) in [5, 5.41) is 7.43. The summed E-state index contributed by atoms with van der Waals surface area (Å²) in [5.74, 6) is -0.868. The number of nitrogens with zero attached hydrogens (tertiary/aromatic N) is 1. The Hall–Kier alpha value is -2.90. The number of nitrogens with one attached hydrogen (secondary N) is 3. The molecule has 3 N–H and O–H groups in total. The minimum atomic E-state index is -1.03. The molecular weight excluding hydrogens is 300 g/mol. The lowest BCUT2D eigenvalue weighted by Gasteiger charge is -2.21. The van der Waals surface area contributed by atoms with Crippen molar-refractivity contribution in [2.75, 3.05) is 18.4 Å². The molecule has 1 unspecified atom stereocenters. The molecule has 1 aromatic rings. The van der Waals surface area contributed by atoms with Crippen molar-refractivity contribution in [2.24, 2.45) is 0 Å². The van der Waals surface area contributed by atoms with Gasteiger partial charge in [0.25, 0.3) is 11.8 Å². The van der Waals surface area contributed by atoms with Gasteiger partial charge in [-0.05, 0) is 24.6 Å². The fourth-order valence-corrected chi connectivity index (χ4v) is 2.91. The second-order valence-corrected chi connectivity index (χ2v) is 5.73. The third-order valence-electron chi connectivity index (χ3n) is 4.00. The molecular formula is C15H16N4O4. The molecule has 1 spiro atoms. The Morgan fingerprint density at radius 2 is 2.09 bits per heavy atom.